The van der Waals surface area contributed by atoms with E-state index in [9.17, 15) is 0 Å². The summed E-state index contributed by atoms with van der Waals surface area (Å²) in [5.74, 6) is 0.964. The molecule has 0 aliphatic carbocycles. The predicted molar refractivity (Wildman–Crippen MR) is 79.8 cm³/mol. The second kappa shape index (κ2) is 8.94. The van der Waals surface area contributed by atoms with Crippen LogP contribution in [0, 0.1) is 0 Å². The lowest BCUT2D eigenvalue weighted by Crippen LogP contribution is -2.22. The Hall–Kier alpha value is -1.06. The zero-order valence-electron chi connectivity index (χ0n) is 12.4. The second-order valence-corrected chi connectivity index (χ2v) is 4.69. The Bertz CT molecular complexity index is 366. The van der Waals surface area contributed by atoms with Crippen molar-refractivity contribution in [1.29, 1.82) is 0 Å². The first-order valence-electron chi connectivity index (χ1n) is 7.29. The van der Waals surface area contributed by atoms with Crippen LogP contribution in [0.1, 0.15) is 38.3 Å². The van der Waals surface area contributed by atoms with Gasteiger partial charge in [0.2, 0.25) is 0 Å². The van der Waals surface area contributed by atoms with E-state index in [1.54, 1.807) is 0 Å². The van der Waals surface area contributed by atoms with Gasteiger partial charge in [-0.1, -0.05) is 19.1 Å². The van der Waals surface area contributed by atoms with Crippen molar-refractivity contribution in [2.45, 2.75) is 46.1 Å². The van der Waals surface area contributed by atoms with Crippen LogP contribution in [0.15, 0.2) is 18.2 Å². The largest absolute Gasteiger partial charge is 0.494 e. The Morgan fingerprint density at radius 2 is 1.95 bits per heavy atom. The molecule has 0 fully saturated rings. The van der Waals surface area contributed by atoms with Crippen molar-refractivity contribution in [1.82, 2.24) is 0 Å². The zero-order chi connectivity index (χ0) is 14.1. The number of ether oxygens (including phenoxy) is 2. The van der Waals surface area contributed by atoms with E-state index in [1.165, 1.54) is 11.1 Å². The maximum Gasteiger partial charge on any atom is 0.122 e. The maximum atomic E-state index is 6.06. The van der Waals surface area contributed by atoms with Gasteiger partial charge >= 0.3 is 0 Å². The molecule has 0 aliphatic rings. The predicted octanol–water partition coefficient (Wildman–Crippen LogP) is 2.94. The van der Waals surface area contributed by atoms with Gasteiger partial charge in [-0.05, 0) is 50.3 Å². The van der Waals surface area contributed by atoms with Crippen molar-refractivity contribution < 1.29 is 9.47 Å². The van der Waals surface area contributed by atoms with Crippen LogP contribution >= 0.6 is 0 Å². The Balaban J connectivity index is 2.78. The molecule has 0 bridgehead atoms. The minimum absolute atomic E-state index is 0.196. The molecule has 0 spiro atoms. The summed E-state index contributed by atoms with van der Waals surface area (Å²) in [5, 5.41) is 0. The standard InChI is InChI=1S/C16H27NO2/c1-4-15(17)12-14-11-13(9-10-18-5-2)7-8-16(14)19-6-3/h7-8,11,15H,4-6,9-10,12,17H2,1-3H3. The number of rotatable bonds is 9. The van der Waals surface area contributed by atoms with Crippen molar-refractivity contribution >= 4 is 0 Å². The monoisotopic (exact) mass is 265 g/mol. The van der Waals surface area contributed by atoms with Crippen LogP contribution in [0.25, 0.3) is 0 Å². The van der Waals surface area contributed by atoms with Crippen LogP contribution in [0.2, 0.25) is 0 Å². The molecular formula is C16H27NO2. The lowest BCUT2D eigenvalue weighted by atomic mass is 10.0. The third kappa shape index (κ3) is 5.62. The highest BCUT2D eigenvalue weighted by Crippen LogP contribution is 2.22. The van der Waals surface area contributed by atoms with E-state index < -0.39 is 0 Å². The molecular weight excluding hydrogens is 238 g/mol. The van der Waals surface area contributed by atoms with Crippen molar-refractivity contribution in [3.8, 4) is 5.75 Å². The zero-order valence-corrected chi connectivity index (χ0v) is 12.4. The Morgan fingerprint density at radius 1 is 1.16 bits per heavy atom. The van der Waals surface area contributed by atoms with Crippen molar-refractivity contribution in [3.05, 3.63) is 29.3 Å². The van der Waals surface area contributed by atoms with E-state index in [2.05, 4.69) is 25.1 Å². The molecule has 0 radical (unpaired) electrons. The van der Waals surface area contributed by atoms with Crippen LogP contribution in [0.4, 0.5) is 0 Å². The molecule has 0 aliphatic heterocycles. The molecule has 0 saturated heterocycles. The van der Waals surface area contributed by atoms with E-state index in [1.807, 2.05) is 13.8 Å². The second-order valence-electron chi connectivity index (χ2n) is 4.69. The Kier molecular flexibility index (Phi) is 7.53. The molecule has 1 atom stereocenters. The van der Waals surface area contributed by atoms with Crippen molar-refractivity contribution in [2.75, 3.05) is 19.8 Å². The highest BCUT2D eigenvalue weighted by Gasteiger charge is 2.09. The van der Waals surface area contributed by atoms with Crippen molar-refractivity contribution in [3.63, 3.8) is 0 Å². The fourth-order valence-corrected chi connectivity index (χ4v) is 2.01. The normalized spacial score (nSPS) is 12.4. The van der Waals surface area contributed by atoms with Gasteiger partial charge in [0.1, 0.15) is 5.75 Å². The molecule has 108 valence electrons. The lowest BCUT2D eigenvalue weighted by molar-refractivity contribution is 0.151. The number of hydrogen-bond acceptors (Lipinski definition) is 3. The quantitative estimate of drug-likeness (QED) is 0.698. The van der Waals surface area contributed by atoms with Gasteiger partial charge in [0, 0.05) is 12.6 Å². The van der Waals surface area contributed by atoms with Crippen LogP contribution < -0.4 is 10.5 Å². The van der Waals surface area contributed by atoms with Gasteiger partial charge in [0.25, 0.3) is 0 Å². The van der Waals surface area contributed by atoms with Gasteiger partial charge < -0.3 is 15.2 Å². The van der Waals surface area contributed by atoms with Gasteiger partial charge in [0.05, 0.1) is 13.2 Å². The number of nitrogens with two attached hydrogens (primary N) is 1. The molecule has 3 nitrogen and oxygen atoms in total. The minimum atomic E-state index is 0.196. The van der Waals surface area contributed by atoms with Crippen LogP contribution in [-0.2, 0) is 17.6 Å². The summed E-state index contributed by atoms with van der Waals surface area (Å²) in [6.45, 7) is 8.36. The molecule has 2 N–H and O–H groups in total. The molecule has 0 heterocycles. The van der Waals surface area contributed by atoms with Crippen LogP contribution in [0.5, 0.6) is 5.75 Å². The first-order chi connectivity index (χ1) is 9.21. The summed E-state index contributed by atoms with van der Waals surface area (Å²) in [5.41, 5.74) is 8.56. The molecule has 1 aromatic carbocycles. The molecule has 0 aromatic heterocycles. The molecule has 1 unspecified atom stereocenters. The summed E-state index contributed by atoms with van der Waals surface area (Å²) in [6, 6.07) is 6.58. The maximum absolute atomic E-state index is 6.06. The van der Waals surface area contributed by atoms with E-state index in [0.29, 0.717) is 6.61 Å². The molecule has 0 amide bonds. The summed E-state index contributed by atoms with van der Waals surface area (Å²) in [6.07, 6.45) is 2.79. The highest BCUT2D eigenvalue weighted by atomic mass is 16.5. The Labute approximate surface area is 117 Å². The van der Waals surface area contributed by atoms with E-state index in [4.69, 9.17) is 15.2 Å². The first kappa shape index (κ1) is 16.0. The van der Waals surface area contributed by atoms with Gasteiger partial charge in [-0.15, -0.1) is 0 Å². The minimum Gasteiger partial charge on any atom is -0.494 e. The molecule has 19 heavy (non-hydrogen) atoms. The van der Waals surface area contributed by atoms with Gasteiger partial charge in [-0.3, -0.25) is 0 Å². The fourth-order valence-electron chi connectivity index (χ4n) is 2.01. The van der Waals surface area contributed by atoms with Gasteiger partial charge in [-0.2, -0.15) is 0 Å². The molecule has 3 heteroatoms. The SMILES string of the molecule is CCOCCc1ccc(OCC)c(CC(N)CC)c1. The lowest BCUT2D eigenvalue weighted by Gasteiger charge is -2.15. The fraction of sp³-hybridized carbons (Fsp3) is 0.625. The topological polar surface area (TPSA) is 44.5 Å². The van der Waals surface area contributed by atoms with Crippen LogP contribution in [-0.4, -0.2) is 25.9 Å². The van der Waals surface area contributed by atoms with Crippen molar-refractivity contribution in [2.24, 2.45) is 5.73 Å². The summed E-state index contributed by atoms with van der Waals surface area (Å²) in [7, 11) is 0. The highest BCUT2D eigenvalue weighted by molar-refractivity contribution is 5.38. The summed E-state index contributed by atoms with van der Waals surface area (Å²) >= 11 is 0. The number of hydrogen-bond donors (Lipinski definition) is 1. The third-order valence-corrected chi connectivity index (χ3v) is 3.17. The molecule has 0 saturated carbocycles. The Morgan fingerprint density at radius 3 is 2.58 bits per heavy atom. The van der Waals surface area contributed by atoms with Crippen LogP contribution in [0.3, 0.4) is 0 Å². The van der Waals surface area contributed by atoms with E-state index >= 15 is 0 Å². The molecule has 1 aromatic rings. The first-order valence-corrected chi connectivity index (χ1v) is 7.29. The average molecular weight is 265 g/mol. The third-order valence-electron chi connectivity index (χ3n) is 3.17. The smallest absolute Gasteiger partial charge is 0.122 e. The average Bonchev–Trinajstić information content (AvgIpc) is 2.42. The number of benzene rings is 1. The van der Waals surface area contributed by atoms with Gasteiger partial charge in [0.15, 0.2) is 0 Å². The van der Waals surface area contributed by atoms with E-state index in [0.717, 1.165) is 38.2 Å². The van der Waals surface area contributed by atoms with E-state index in [-0.39, 0.29) is 6.04 Å². The summed E-state index contributed by atoms with van der Waals surface area (Å²) < 4.78 is 11.1. The molecule has 1 rings (SSSR count). The van der Waals surface area contributed by atoms with Gasteiger partial charge in [-0.25, -0.2) is 0 Å². The summed E-state index contributed by atoms with van der Waals surface area (Å²) in [4.78, 5) is 0.